The van der Waals surface area contributed by atoms with Gasteiger partial charge in [0.2, 0.25) is 0 Å². The summed E-state index contributed by atoms with van der Waals surface area (Å²) in [6.45, 7) is 0. The first-order valence-corrected chi connectivity index (χ1v) is 8.27. The van der Waals surface area contributed by atoms with E-state index in [1.54, 1.807) is 4.40 Å². The third kappa shape index (κ3) is 1.90. The van der Waals surface area contributed by atoms with Gasteiger partial charge in [-0.15, -0.1) is 0 Å². The van der Waals surface area contributed by atoms with Crippen molar-refractivity contribution in [2.45, 2.75) is 0 Å². The fraction of sp³-hybridized carbons (Fsp3) is 0. The molecule has 0 saturated carbocycles. The van der Waals surface area contributed by atoms with E-state index in [2.05, 4.69) is 37.7 Å². The summed E-state index contributed by atoms with van der Waals surface area (Å²) in [6, 6.07) is 6.16. The van der Waals surface area contributed by atoms with Crippen LogP contribution in [-0.2, 0) is 0 Å². The summed E-state index contributed by atoms with van der Waals surface area (Å²) in [5.74, 6) is 0.332. The molecule has 0 saturated heterocycles. The summed E-state index contributed by atoms with van der Waals surface area (Å²) in [7, 11) is 0. The van der Waals surface area contributed by atoms with E-state index in [1.165, 1.54) is 17.2 Å². The van der Waals surface area contributed by atoms with Gasteiger partial charge < -0.3 is 0 Å². The molecule has 0 aliphatic rings. The molecule has 0 bridgehead atoms. The first-order chi connectivity index (χ1) is 9.74. The summed E-state index contributed by atoms with van der Waals surface area (Å²) < 4.78 is 4.03. The maximum atomic E-state index is 12.6. The van der Waals surface area contributed by atoms with Crippen LogP contribution in [-0.4, -0.2) is 79.0 Å². The van der Waals surface area contributed by atoms with Crippen molar-refractivity contribution in [3.05, 3.63) is 34.7 Å². The normalized spacial score (nSPS) is 11.5. The second-order valence-corrected chi connectivity index (χ2v) is 7.23. The van der Waals surface area contributed by atoms with Crippen LogP contribution in [0.3, 0.4) is 0 Å². The number of hydrogen-bond donors (Lipinski definition) is 1. The summed E-state index contributed by atoms with van der Waals surface area (Å²) in [4.78, 5) is 17.6. The van der Waals surface area contributed by atoms with Crippen LogP contribution in [0.5, 0.6) is 0 Å². The number of thiazole rings is 1. The van der Waals surface area contributed by atoms with Gasteiger partial charge in [-0.05, 0) is 0 Å². The first kappa shape index (κ1) is 12.7. The zero-order valence-electron chi connectivity index (χ0n) is 10.4. The number of nitrogens with one attached hydrogen (secondary N) is 1. The van der Waals surface area contributed by atoms with Gasteiger partial charge in [-0.2, -0.15) is 0 Å². The van der Waals surface area contributed by atoms with Crippen molar-refractivity contribution >= 4 is 75.1 Å². The van der Waals surface area contributed by atoms with Gasteiger partial charge in [0.25, 0.3) is 0 Å². The molecule has 92 valence electrons. The van der Waals surface area contributed by atoms with Crippen molar-refractivity contribution in [1.82, 2.24) is 30.0 Å². The number of hydrogen-bond acceptors (Lipinski definition) is 6. The number of aromatic amines is 1. The van der Waals surface area contributed by atoms with Gasteiger partial charge in [-0.3, -0.25) is 0 Å². The van der Waals surface area contributed by atoms with E-state index in [-0.39, 0.29) is 5.56 Å². The molecule has 0 aliphatic heterocycles. The summed E-state index contributed by atoms with van der Waals surface area (Å²) in [5.41, 5.74) is 1.08. The summed E-state index contributed by atoms with van der Waals surface area (Å²) in [5, 5.41) is 13.4. The molecule has 1 aromatic carbocycles. The van der Waals surface area contributed by atoms with Crippen LogP contribution >= 0.6 is 11.3 Å². The van der Waals surface area contributed by atoms with Crippen LogP contribution in [0.1, 0.15) is 0 Å². The Kier molecular flexibility index (Phi) is 3.05. The molecule has 3 heterocycles. The van der Waals surface area contributed by atoms with Crippen LogP contribution in [0.2, 0.25) is 0 Å². The van der Waals surface area contributed by atoms with E-state index < -0.39 is 0 Å². The molecular formula is C11H5KN6OS. The van der Waals surface area contributed by atoms with Crippen molar-refractivity contribution in [3.8, 4) is 11.4 Å². The molecule has 0 fully saturated rings. The SMILES string of the molecule is O=c1c(-c2nnn[nH]2)cnc2sc3c[c]([K])ccc3n12. The van der Waals surface area contributed by atoms with Gasteiger partial charge in [-0.25, -0.2) is 0 Å². The first-order valence-electron chi connectivity index (χ1n) is 5.89. The number of fused-ring (bicyclic) bond motifs is 3. The van der Waals surface area contributed by atoms with E-state index in [0.717, 1.165) is 10.2 Å². The van der Waals surface area contributed by atoms with Gasteiger partial charge in [0.1, 0.15) is 0 Å². The quantitative estimate of drug-likeness (QED) is 0.495. The number of tetrazole rings is 1. The predicted octanol–water partition coefficient (Wildman–Crippen LogP) is -0.117. The van der Waals surface area contributed by atoms with Crippen LogP contribution < -0.4 is 5.22 Å². The molecule has 0 spiro atoms. The zero-order chi connectivity index (χ0) is 13.7. The third-order valence-corrected chi connectivity index (χ3v) is 5.08. The van der Waals surface area contributed by atoms with Gasteiger partial charge in [-0.1, -0.05) is 0 Å². The number of benzene rings is 1. The van der Waals surface area contributed by atoms with Gasteiger partial charge in [0, 0.05) is 0 Å². The molecule has 20 heavy (non-hydrogen) atoms. The van der Waals surface area contributed by atoms with Crippen molar-refractivity contribution in [2.24, 2.45) is 0 Å². The van der Waals surface area contributed by atoms with Gasteiger partial charge in [0.05, 0.1) is 0 Å². The number of nitrogens with zero attached hydrogens (tertiary/aromatic N) is 5. The third-order valence-electron chi connectivity index (χ3n) is 3.09. The number of H-pyrrole nitrogens is 1. The minimum absolute atomic E-state index is 0.162. The second-order valence-electron chi connectivity index (χ2n) is 4.42. The fourth-order valence-corrected chi connectivity index (χ4v) is 4.27. The number of rotatable bonds is 1. The van der Waals surface area contributed by atoms with E-state index in [0.29, 0.717) is 65.3 Å². The molecule has 0 atom stereocenters. The van der Waals surface area contributed by atoms with Gasteiger partial charge in [0.15, 0.2) is 0 Å². The Morgan fingerprint density at radius 1 is 1.35 bits per heavy atom. The Bertz CT molecular complexity index is 989. The molecule has 1 N–H and O–H groups in total. The Morgan fingerprint density at radius 2 is 2.25 bits per heavy atom. The van der Waals surface area contributed by atoms with E-state index >= 15 is 0 Å². The van der Waals surface area contributed by atoms with Gasteiger partial charge >= 0.3 is 151 Å². The molecule has 0 radical (unpaired) electrons. The monoisotopic (exact) mass is 308 g/mol. The summed E-state index contributed by atoms with van der Waals surface area (Å²) >= 11 is 2.13. The molecule has 0 aliphatic carbocycles. The summed E-state index contributed by atoms with van der Waals surface area (Å²) in [6.07, 6.45) is 1.51. The molecule has 4 aromatic rings. The Balaban J connectivity index is 2.15. The minimum atomic E-state index is -0.162. The van der Waals surface area contributed by atoms with Crippen molar-refractivity contribution in [1.29, 1.82) is 0 Å². The fourth-order valence-electron chi connectivity index (χ4n) is 2.15. The van der Waals surface area contributed by atoms with Crippen LogP contribution in [0, 0.1) is 0 Å². The molecule has 0 unspecified atom stereocenters. The standard InChI is InChI=1S/C11H5N6OS.K/c18-10-6(9-13-15-16-14-9)5-12-11-17(10)7-3-1-2-4-8(7)19-11;/h1,3-5H,(H,13,14,15,16);. The number of aromatic nitrogens is 6. The average molecular weight is 308 g/mol. The van der Waals surface area contributed by atoms with E-state index in [1.807, 2.05) is 6.07 Å². The average Bonchev–Trinajstić information content (AvgIpc) is 3.05. The zero-order valence-corrected chi connectivity index (χ0v) is 14.3. The van der Waals surface area contributed by atoms with Crippen molar-refractivity contribution in [2.75, 3.05) is 0 Å². The molecule has 9 heteroatoms. The topological polar surface area (TPSA) is 88.8 Å². The molecule has 7 nitrogen and oxygen atoms in total. The Morgan fingerprint density at radius 3 is 3.05 bits per heavy atom. The predicted molar refractivity (Wildman–Crippen MR) is 75.4 cm³/mol. The maximum absolute atomic E-state index is 12.6. The molecular weight excluding hydrogens is 303 g/mol. The second kappa shape index (κ2) is 4.79. The van der Waals surface area contributed by atoms with E-state index in [4.69, 9.17) is 0 Å². The van der Waals surface area contributed by atoms with Crippen LogP contribution in [0.15, 0.2) is 29.2 Å². The molecule has 0 amide bonds. The molecule has 3 aromatic heterocycles. The molecule has 4 rings (SSSR count). The van der Waals surface area contributed by atoms with Crippen LogP contribution in [0.25, 0.3) is 26.6 Å². The van der Waals surface area contributed by atoms with E-state index in [9.17, 15) is 4.79 Å². The Labute approximate surface area is 149 Å². The van der Waals surface area contributed by atoms with Crippen molar-refractivity contribution < 1.29 is 0 Å². The van der Waals surface area contributed by atoms with Crippen molar-refractivity contribution in [3.63, 3.8) is 0 Å². The Hall–Kier alpha value is -0.974. The van der Waals surface area contributed by atoms with Crippen LogP contribution in [0.4, 0.5) is 0 Å².